The molecule has 4 nitrogen and oxygen atoms in total. The maximum Gasteiger partial charge on any atom is 0.138 e. The summed E-state index contributed by atoms with van der Waals surface area (Å²) >= 11 is 0. The molecule has 0 radical (unpaired) electrons. The average Bonchev–Trinajstić information content (AvgIpc) is 2.93. The molecule has 2 aromatic heterocycles. The molecule has 0 amide bonds. The summed E-state index contributed by atoms with van der Waals surface area (Å²) in [6.45, 7) is 11.7. The molecule has 4 heteroatoms. The number of rotatable bonds is 6. The van der Waals surface area contributed by atoms with Gasteiger partial charge in [0.15, 0.2) is 0 Å². The van der Waals surface area contributed by atoms with E-state index in [1.54, 1.807) is 0 Å². The molecular weight excluding hydrogens is 260 g/mol. The molecule has 0 spiro atoms. The van der Waals surface area contributed by atoms with Crippen LogP contribution in [0.15, 0.2) is 24.5 Å². The standard InChI is InChI=1S/C17H26N4/c1-6-16-18-7-8-21(16)17-10-14(11-19-13(4)5)9-15(20-17)12(2)3/h7-10,12-13,19H,6,11H2,1-5H3. The minimum Gasteiger partial charge on any atom is -0.310 e. The smallest absolute Gasteiger partial charge is 0.138 e. The van der Waals surface area contributed by atoms with E-state index in [1.165, 1.54) is 5.56 Å². The van der Waals surface area contributed by atoms with Gasteiger partial charge in [-0.15, -0.1) is 0 Å². The van der Waals surface area contributed by atoms with E-state index in [2.05, 4.69) is 61.6 Å². The van der Waals surface area contributed by atoms with Gasteiger partial charge in [-0.3, -0.25) is 4.57 Å². The molecule has 0 atom stereocenters. The first-order valence-electron chi connectivity index (χ1n) is 7.78. The van der Waals surface area contributed by atoms with Crippen LogP contribution in [0.25, 0.3) is 5.82 Å². The van der Waals surface area contributed by atoms with Crippen LogP contribution in [0.5, 0.6) is 0 Å². The van der Waals surface area contributed by atoms with Gasteiger partial charge in [0.2, 0.25) is 0 Å². The molecule has 1 N–H and O–H groups in total. The highest BCUT2D eigenvalue weighted by atomic mass is 15.1. The Morgan fingerprint density at radius 2 is 1.95 bits per heavy atom. The van der Waals surface area contributed by atoms with Gasteiger partial charge in [0.05, 0.1) is 0 Å². The van der Waals surface area contributed by atoms with E-state index in [0.717, 1.165) is 30.3 Å². The van der Waals surface area contributed by atoms with Gasteiger partial charge in [-0.05, 0) is 23.6 Å². The van der Waals surface area contributed by atoms with Gasteiger partial charge in [0.1, 0.15) is 11.6 Å². The van der Waals surface area contributed by atoms with E-state index in [9.17, 15) is 0 Å². The third-order valence-electron chi connectivity index (χ3n) is 3.48. The van der Waals surface area contributed by atoms with Gasteiger partial charge in [-0.25, -0.2) is 9.97 Å². The SMILES string of the molecule is CCc1nccn1-c1cc(CNC(C)C)cc(C(C)C)n1. The fourth-order valence-electron chi connectivity index (χ4n) is 2.24. The van der Waals surface area contributed by atoms with E-state index in [1.807, 2.05) is 12.4 Å². The fourth-order valence-corrected chi connectivity index (χ4v) is 2.24. The first-order valence-corrected chi connectivity index (χ1v) is 7.78. The Balaban J connectivity index is 2.40. The molecule has 0 aromatic carbocycles. The molecule has 114 valence electrons. The molecular formula is C17H26N4. The van der Waals surface area contributed by atoms with Crippen molar-refractivity contribution in [2.75, 3.05) is 0 Å². The van der Waals surface area contributed by atoms with Crippen molar-refractivity contribution in [1.29, 1.82) is 0 Å². The molecule has 0 fully saturated rings. The van der Waals surface area contributed by atoms with E-state index in [4.69, 9.17) is 4.98 Å². The zero-order valence-electron chi connectivity index (χ0n) is 13.7. The van der Waals surface area contributed by atoms with Crippen LogP contribution in [0, 0.1) is 0 Å². The molecule has 0 aliphatic carbocycles. The van der Waals surface area contributed by atoms with Gasteiger partial charge in [0.25, 0.3) is 0 Å². The Hall–Kier alpha value is -1.68. The largest absolute Gasteiger partial charge is 0.310 e. The monoisotopic (exact) mass is 286 g/mol. The maximum atomic E-state index is 4.81. The maximum absolute atomic E-state index is 4.81. The number of nitrogens with zero attached hydrogens (tertiary/aromatic N) is 3. The van der Waals surface area contributed by atoms with Crippen molar-refractivity contribution in [1.82, 2.24) is 19.9 Å². The molecule has 0 aliphatic rings. The highest BCUT2D eigenvalue weighted by Gasteiger charge is 2.10. The topological polar surface area (TPSA) is 42.7 Å². The Morgan fingerprint density at radius 3 is 2.57 bits per heavy atom. The number of hydrogen-bond donors (Lipinski definition) is 1. The van der Waals surface area contributed by atoms with Crippen molar-refractivity contribution in [3.8, 4) is 5.82 Å². The van der Waals surface area contributed by atoms with Crippen LogP contribution in [-0.4, -0.2) is 20.6 Å². The van der Waals surface area contributed by atoms with Crippen LogP contribution < -0.4 is 5.32 Å². The van der Waals surface area contributed by atoms with Crippen molar-refractivity contribution in [3.05, 3.63) is 41.6 Å². The van der Waals surface area contributed by atoms with Crippen molar-refractivity contribution in [2.24, 2.45) is 0 Å². The first-order chi connectivity index (χ1) is 10.0. The summed E-state index contributed by atoms with van der Waals surface area (Å²) in [5.74, 6) is 2.43. The van der Waals surface area contributed by atoms with Crippen LogP contribution in [0.3, 0.4) is 0 Å². The molecule has 0 unspecified atom stereocenters. The summed E-state index contributed by atoms with van der Waals surface area (Å²) in [5, 5.41) is 3.48. The second-order valence-electron chi connectivity index (χ2n) is 6.02. The normalized spacial score (nSPS) is 11.6. The lowest BCUT2D eigenvalue weighted by atomic mass is 10.1. The van der Waals surface area contributed by atoms with Crippen molar-refractivity contribution >= 4 is 0 Å². The Kier molecular flexibility index (Phi) is 5.12. The van der Waals surface area contributed by atoms with E-state index in [0.29, 0.717) is 12.0 Å². The second kappa shape index (κ2) is 6.85. The Labute approximate surface area is 127 Å². The molecule has 0 saturated carbocycles. The van der Waals surface area contributed by atoms with Gasteiger partial charge in [-0.2, -0.15) is 0 Å². The summed E-state index contributed by atoms with van der Waals surface area (Å²) in [4.78, 5) is 9.20. The molecule has 0 saturated heterocycles. The summed E-state index contributed by atoms with van der Waals surface area (Å²) < 4.78 is 2.09. The van der Waals surface area contributed by atoms with Crippen molar-refractivity contribution in [3.63, 3.8) is 0 Å². The van der Waals surface area contributed by atoms with E-state index in [-0.39, 0.29) is 0 Å². The molecule has 0 bridgehead atoms. The Bertz CT molecular complexity index is 584. The van der Waals surface area contributed by atoms with Crippen molar-refractivity contribution in [2.45, 2.75) is 59.5 Å². The lowest BCUT2D eigenvalue weighted by molar-refractivity contribution is 0.587. The highest BCUT2D eigenvalue weighted by Crippen LogP contribution is 2.18. The van der Waals surface area contributed by atoms with E-state index >= 15 is 0 Å². The number of nitrogens with one attached hydrogen (secondary N) is 1. The third-order valence-corrected chi connectivity index (χ3v) is 3.48. The van der Waals surface area contributed by atoms with Gasteiger partial charge in [-0.1, -0.05) is 34.6 Å². The van der Waals surface area contributed by atoms with Gasteiger partial charge in [0, 0.05) is 37.1 Å². The number of aromatic nitrogens is 3. The number of hydrogen-bond acceptors (Lipinski definition) is 3. The zero-order chi connectivity index (χ0) is 15.4. The number of pyridine rings is 1. The first kappa shape index (κ1) is 15.7. The summed E-state index contributed by atoms with van der Waals surface area (Å²) in [6.07, 6.45) is 4.74. The van der Waals surface area contributed by atoms with Crippen LogP contribution in [-0.2, 0) is 13.0 Å². The summed E-state index contributed by atoms with van der Waals surface area (Å²) in [5.41, 5.74) is 2.40. The fraction of sp³-hybridized carbons (Fsp3) is 0.529. The molecule has 2 aromatic rings. The van der Waals surface area contributed by atoms with Crippen LogP contribution >= 0.6 is 0 Å². The quantitative estimate of drug-likeness (QED) is 0.884. The third kappa shape index (κ3) is 3.91. The number of aryl methyl sites for hydroxylation is 1. The van der Waals surface area contributed by atoms with Crippen LogP contribution in [0.4, 0.5) is 0 Å². The highest BCUT2D eigenvalue weighted by molar-refractivity contribution is 5.33. The summed E-state index contributed by atoms with van der Waals surface area (Å²) in [7, 11) is 0. The van der Waals surface area contributed by atoms with Gasteiger partial charge >= 0.3 is 0 Å². The lowest BCUT2D eigenvalue weighted by Gasteiger charge is -2.14. The minimum absolute atomic E-state index is 0.413. The predicted molar refractivity (Wildman–Crippen MR) is 86.8 cm³/mol. The van der Waals surface area contributed by atoms with E-state index < -0.39 is 0 Å². The molecule has 21 heavy (non-hydrogen) atoms. The lowest BCUT2D eigenvalue weighted by Crippen LogP contribution is -2.22. The van der Waals surface area contributed by atoms with Crippen LogP contribution in [0.1, 0.15) is 57.6 Å². The Morgan fingerprint density at radius 1 is 1.19 bits per heavy atom. The van der Waals surface area contributed by atoms with Crippen LogP contribution in [0.2, 0.25) is 0 Å². The zero-order valence-corrected chi connectivity index (χ0v) is 13.7. The van der Waals surface area contributed by atoms with Crippen molar-refractivity contribution < 1.29 is 0 Å². The average molecular weight is 286 g/mol. The molecule has 0 aliphatic heterocycles. The predicted octanol–water partition coefficient (Wildman–Crippen LogP) is 3.45. The molecule has 2 rings (SSSR count). The summed E-state index contributed by atoms with van der Waals surface area (Å²) in [6, 6.07) is 4.83. The van der Waals surface area contributed by atoms with Gasteiger partial charge < -0.3 is 5.32 Å². The molecule has 2 heterocycles. The minimum atomic E-state index is 0.413. The number of imidazole rings is 1. The second-order valence-corrected chi connectivity index (χ2v) is 6.02.